The standard InChI is InChI=1S/C19H20Cl2N2O2/c1-19(2,3)13-7-9-14(10-8-13)25-12-18(24)23-22-11-15-16(20)5-4-6-17(15)21/h4-11H,12H2,1-3H3,(H,23,24)/b22-11+. The molecule has 0 aliphatic heterocycles. The van der Waals surface area contributed by atoms with Crippen LogP contribution in [0, 0.1) is 0 Å². The van der Waals surface area contributed by atoms with Crippen LogP contribution in [-0.2, 0) is 10.2 Å². The molecule has 0 aromatic heterocycles. The second-order valence-electron chi connectivity index (χ2n) is 6.49. The van der Waals surface area contributed by atoms with Crippen LogP contribution in [-0.4, -0.2) is 18.7 Å². The third kappa shape index (κ3) is 5.76. The topological polar surface area (TPSA) is 50.7 Å². The number of hydrazone groups is 1. The average molecular weight is 379 g/mol. The van der Waals surface area contributed by atoms with Crippen molar-refractivity contribution in [2.45, 2.75) is 26.2 Å². The summed E-state index contributed by atoms with van der Waals surface area (Å²) in [6, 6.07) is 12.8. The van der Waals surface area contributed by atoms with E-state index in [0.29, 0.717) is 21.4 Å². The van der Waals surface area contributed by atoms with Gasteiger partial charge >= 0.3 is 0 Å². The van der Waals surface area contributed by atoms with Crippen LogP contribution in [0.4, 0.5) is 0 Å². The molecule has 132 valence electrons. The molecular weight excluding hydrogens is 359 g/mol. The normalized spacial score (nSPS) is 11.6. The van der Waals surface area contributed by atoms with Crippen molar-refractivity contribution in [1.82, 2.24) is 5.43 Å². The molecule has 0 fully saturated rings. The number of benzene rings is 2. The summed E-state index contributed by atoms with van der Waals surface area (Å²) in [5, 5.41) is 4.77. The number of carbonyl (C=O) groups excluding carboxylic acids is 1. The molecule has 25 heavy (non-hydrogen) atoms. The van der Waals surface area contributed by atoms with Crippen LogP contribution in [0.3, 0.4) is 0 Å². The predicted molar refractivity (Wildman–Crippen MR) is 103 cm³/mol. The van der Waals surface area contributed by atoms with Crippen molar-refractivity contribution in [3.05, 3.63) is 63.6 Å². The minimum Gasteiger partial charge on any atom is -0.484 e. The molecule has 0 aliphatic carbocycles. The Morgan fingerprint density at radius 3 is 2.28 bits per heavy atom. The maximum absolute atomic E-state index is 11.8. The van der Waals surface area contributed by atoms with Gasteiger partial charge in [-0.15, -0.1) is 0 Å². The summed E-state index contributed by atoms with van der Waals surface area (Å²) < 4.78 is 5.45. The molecule has 2 rings (SSSR count). The largest absolute Gasteiger partial charge is 0.484 e. The van der Waals surface area contributed by atoms with E-state index in [2.05, 4.69) is 31.3 Å². The van der Waals surface area contributed by atoms with Gasteiger partial charge < -0.3 is 4.74 Å². The second-order valence-corrected chi connectivity index (χ2v) is 7.31. The number of rotatable bonds is 5. The van der Waals surface area contributed by atoms with Crippen molar-refractivity contribution in [2.24, 2.45) is 5.10 Å². The molecule has 0 unspecified atom stereocenters. The fraction of sp³-hybridized carbons (Fsp3) is 0.263. The number of hydrogen-bond acceptors (Lipinski definition) is 3. The molecular formula is C19H20Cl2N2O2. The minimum absolute atomic E-state index is 0.0740. The van der Waals surface area contributed by atoms with E-state index in [1.165, 1.54) is 11.8 Å². The Labute approximate surface area is 157 Å². The molecule has 0 aliphatic rings. The van der Waals surface area contributed by atoms with E-state index in [0.717, 1.165) is 0 Å². The molecule has 0 spiro atoms. The Hall–Kier alpha value is -2.04. The van der Waals surface area contributed by atoms with E-state index in [4.69, 9.17) is 27.9 Å². The van der Waals surface area contributed by atoms with Gasteiger partial charge in [-0.25, -0.2) is 5.43 Å². The third-order valence-corrected chi connectivity index (χ3v) is 4.13. The van der Waals surface area contributed by atoms with Gasteiger partial charge in [-0.2, -0.15) is 5.10 Å². The van der Waals surface area contributed by atoms with Crippen LogP contribution in [0.25, 0.3) is 0 Å². The maximum atomic E-state index is 11.8. The summed E-state index contributed by atoms with van der Waals surface area (Å²) in [6.45, 7) is 6.28. The number of nitrogens with zero attached hydrogens (tertiary/aromatic N) is 1. The van der Waals surface area contributed by atoms with Crippen molar-refractivity contribution < 1.29 is 9.53 Å². The van der Waals surface area contributed by atoms with Crippen LogP contribution in [0.1, 0.15) is 31.9 Å². The van der Waals surface area contributed by atoms with E-state index >= 15 is 0 Å². The first-order chi connectivity index (χ1) is 11.8. The fourth-order valence-corrected chi connectivity index (χ4v) is 2.53. The summed E-state index contributed by atoms with van der Waals surface area (Å²) in [5.41, 5.74) is 4.20. The van der Waals surface area contributed by atoms with E-state index in [1.54, 1.807) is 18.2 Å². The van der Waals surface area contributed by atoms with Crippen molar-refractivity contribution in [1.29, 1.82) is 0 Å². The number of ether oxygens (including phenoxy) is 1. The van der Waals surface area contributed by atoms with Gasteiger partial charge in [0.1, 0.15) is 5.75 Å². The smallest absolute Gasteiger partial charge is 0.277 e. The average Bonchev–Trinajstić information content (AvgIpc) is 2.55. The lowest BCUT2D eigenvalue weighted by atomic mass is 9.87. The summed E-state index contributed by atoms with van der Waals surface area (Å²) in [7, 11) is 0. The van der Waals surface area contributed by atoms with Crippen LogP contribution in [0.2, 0.25) is 10.0 Å². The molecule has 0 saturated heterocycles. The lowest BCUT2D eigenvalue weighted by Crippen LogP contribution is -2.24. The number of hydrogen-bond donors (Lipinski definition) is 1. The Kier molecular flexibility index (Phi) is 6.45. The van der Waals surface area contributed by atoms with Gasteiger partial charge in [0, 0.05) is 5.56 Å². The lowest BCUT2D eigenvalue weighted by Gasteiger charge is -2.19. The first kappa shape index (κ1) is 19.3. The Balaban J connectivity index is 1.86. The quantitative estimate of drug-likeness (QED) is 0.598. The van der Waals surface area contributed by atoms with Gasteiger partial charge in [0.15, 0.2) is 6.61 Å². The first-order valence-corrected chi connectivity index (χ1v) is 8.52. The summed E-state index contributed by atoms with van der Waals surface area (Å²) in [6.07, 6.45) is 1.40. The number of nitrogens with one attached hydrogen (secondary N) is 1. The van der Waals surface area contributed by atoms with E-state index < -0.39 is 0 Å². The van der Waals surface area contributed by atoms with Crippen molar-refractivity contribution >= 4 is 35.3 Å². The van der Waals surface area contributed by atoms with Crippen molar-refractivity contribution in [3.63, 3.8) is 0 Å². The summed E-state index contributed by atoms with van der Waals surface area (Å²) >= 11 is 12.0. The van der Waals surface area contributed by atoms with Gasteiger partial charge in [-0.1, -0.05) is 62.2 Å². The maximum Gasteiger partial charge on any atom is 0.277 e. The predicted octanol–water partition coefficient (Wildman–Crippen LogP) is 4.82. The van der Waals surface area contributed by atoms with Crippen LogP contribution in [0.15, 0.2) is 47.6 Å². The van der Waals surface area contributed by atoms with Gasteiger partial charge in [-0.05, 0) is 35.2 Å². The van der Waals surface area contributed by atoms with Crippen LogP contribution in [0.5, 0.6) is 5.75 Å². The second kappa shape index (κ2) is 8.37. The van der Waals surface area contributed by atoms with Gasteiger partial charge in [-0.3, -0.25) is 4.79 Å². The molecule has 2 aromatic carbocycles. The molecule has 4 nitrogen and oxygen atoms in total. The highest BCUT2D eigenvalue weighted by Crippen LogP contribution is 2.24. The highest BCUT2D eigenvalue weighted by atomic mass is 35.5. The van der Waals surface area contributed by atoms with Crippen LogP contribution >= 0.6 is 23.2 Å². The van der Waals surface area contributed by atoms with Crippen LogP contribution < -0.4 is 10.2 Å². The Morgan fingerprint density at radius 2 is 1.72 bits per heavy atom. The summed E-state index contributed by atoms with van der Waals surface area (Å²) in [5.74, 6) is 0.251. The zero-order chi connectivity index (χ0) is 18.4. The van der Waals surface area contributed by atoms with Crippen molar-refractivity contribution in [2.75, 3.05) is 6.61 Å². The molecule has 2 aromatic rings. The monoisotopic (exact) mass is 378 g/mol. The SMILES string of the molecule is CC(C)(C)c1ccc(OCC(=O)N/N=C/c2c(Cl)cccc2Cl)cc1. The molecule has 0 heterocycles. The highest BCUT2D eigenvalue weighted by Gasteiger charge is 2.13. The number of halogens is 2. The molecule has 1 amide bonds. The van der Waals surface area contributed by atoms with Crippen molar-refractivity contribution in [3.8, 4) is 5.75 Å². The van der Waals surface area contributed by atoms with E-state index in [9.17, 15) is 4.79 Å². The molecule has 0 atom stereocenters. The molecule has 6 heteroatoms. The fourth-order valence-electron chi connectivity index (χ4n) is 2.04. The number of carbonyl (C=O) groups is 1. The third-order valence-electron chi connectivity index (χ3n) is 3.47. The zero-order valence-electron chi connectivity index (χ0n) is 14.3. The van der Waals surface area contributed by atoms with E-state index in [-0.39, 0.29) is 17.9 Å². The molecule has 1 N–H and O–H groups in total. The van der Waals surface area contributed by atoms with Gasteiger partial charge in [0.25, 0.3) is 5.91 Å². The molecule has 0 bridgehead atoms. The minimum atomic E-state index is -0.376. The Morgan fingerprint density at radius 1 is 1.12 bits per heavy atom. The van der Waals surface area contributed by atoms with Gasteiger partial charge in [0.2, 0.25) is 0 Å². The zero-order valence-corrected chi connectivity index (χ0v) is 15.9. The van der Waals surface area contributed by atoms with E-state index in [1.807, 2.05) is 24.3 Å². The Bertz CT molecular complexity index is 746. The molecule has 0 saturated carbocycles. The van der Waals surface area contributed by atoms with Gasteiger partial charge in [0.05, 0.1) is 16.3 Å². The molecule has 0 radical (unpaired) electrons. The first-order valence-electron chi connectivity index (χ1n) is 7.76. The number of amides is 1. The summed E-state index contributed by atoms with van der Waals surface area (Å²) in [4.78, 5) is 11.8. The highest BCUT2D eigenvalue weighted by molar-refractivity contribution is 6.38. The lowest BCUT2D eigenvalue weighted by molar-refractivity contribution is -0.123.